The van der Waals surface area contributed by atoms with E-state index >= 15 is 0 Å². The molecule has 1 saturated carbocycles. The predicted molar refractivity (Wildman–Crippen MR) is 72.3 cm³/mol. The first-order chi connectivity index (χ1) is 10.6. The number of carbonyl (C=O) groups is 2. The molecule has 22 heavy (non-hydrogen) atoms. The van der Waals surface area contributed by atoms with Gasteiger partial charge >= 0.3 is 5.97 Å². The maximum atomic E-state index is 12.6. The molecule has 0 spiro atoms. The Labute approximate surface area is 125 Å². The van der Waals surface area contributed by atoms with Gasteiger partial charge in [-0.05, 0) is 18.9 Å². The number of nitrogens with zero attached hydrogens (tertiary/aromatic N) is 2. The Kier molecular flexibility index (Phi) is 2.82. The quantitative estimate of drug-likeness (QED) is 0.931. The second-order valence-electron chi connectivity index (χ2n) is 5.63. The molecular formula is C15H14N2O5. The number of aliphatic carboxylic acids is 1. The van der Waals surface area contributed by atoms with E-state index in [0.717, 1.165) is 12.8 Å². The molecule has 1 aliphatic heterocycles. The van der Waals surface area contributed by atoms with Gasteiger partial charge in [0.25, 0.3) is 5.91 Å². The Hall–Kier alpha value is -2.57. The molecule has 0 radical (unpaired) electrons. The lowest BCUT2D eigenvalue weighted by Crippen LogP contribution is -2.43. The van der Waals surface area contributed by atoms with Gasteiger partial charge in [-0.3, -0.25) is 4.79 Å². The molecule has 1 fully saturated rings. The molecule has 2 aromatic heterocycles. The number of oxazole rings is 1. The van der Waals surface area contributed by atoms with Crippen LogP contribution in [0, 0.1) is 0 Å². The van der Waals surface area contributed by atoms with E-state index in [4.69, 9.17) is 8.83 Å². The lowest BCUT2D eigenvalue weighted by Gasteiger charge is -2.31. The van der Waals surface area contributed by atoms with Gasteiger partial charge in [-0.2, -0.15) is 0 Å². The largest absolute Gasteiger partial charge is 0.479 e. The number of fused-ring (bicyclic) bond motifs is 1. The Morgan fingerprint density at radius 3 is 2.86 bits per heavy atom. The summed E-state index contributed by atoms with van der Waals surface area (Å²) in [5.74, 6) is -0.0123. The van der Waals surface area contributed by atoms with Crippen molar-refractivity contribution in [2.45, 2.75) is 31.2 Å². The summed E-state index contributed by atoms with van der Waals surface area (Å²) < 4.78 is 10.6. The lowest BCUT2D eigenvalue weighted by atomic mass is 9.99. The zero-order chi connectivity index (χ0) is 15.3. The molecule has 0 aromatic carbocycles. The summed E-state index contributed by atoms with van der Waals surface area (Å²) >= 11 is 0. The minimum absolute atomic E-state index is 0.167. The van der Waals surface area contributed by atoms with Crippen LogP contribution >= 0.6 is 0 Å². The molecule has 7 nitrogen and oxygen atoms in total. The maximum Gasteiger partial charge on any atom is 0.331 e. The van der Waals surface area contributed by atoms with E-state index in [1.807, 2.05) is 0 Å². The number of hydrogen-bond acceptors (Lipinski definition) is 5. The number of furan rings is 1. The summed E-state index contributed by atoms with van der Waals surface area (Å²) in [5.41, 5.74) is 0.693. The van der Waals surface area contributed by atoms with Crippen molar-refractivity contribution >= 4 is 11.9 Å². The highest BCUT2D eigenvalue weighted by Gasteiger charge is 2.39. The van der Waals surface area contributed by atoms with Gasteiger partial charge < -0.3 is 18.8 Å². The fraction of sp³-hybridized carbons (Fsp3) is 0.400. The van der Waals surface area contributed by atoms with Gasteiger partial charge in [0, 0.05) is 24.4 Å². The third-order valence-electron chi connectivity index (χ3n) is 4.13. The maximum absolute atomic E-state index is 12.6. The minimum atomic E-state index is -1.08. The van der Waals surface area contributed by atoms with E-state index in [2.05, 4.69) is 4.98 Å². The fourth-order valence-corrected chi connectivity index (χ4v) is 2.85. The number of rotatable bonds is 3. The van der Waals surface area contributed by atoms with Crippen LogP contribution in [0.25, 0.3) is 0 Å². The summed E-state index contributed by atoms with van der Waals surface area (Å²) in [7, 11) is 0. The van der Waals surface area contributed by atoms with E-state index in [9.17, 15) is 14.7 Å². The van der Waals surface area contributed by atoms with Crippen LogP contribution in [-0.2, 0) is 11.2 Å². The molecule has 0 bridgehead atoms. The van der Waals surface area contributed by atoms with Crippen LogP contribution in [0.2, 0.25) is 0 Å². The summed E-state index contributed by atoms with van der Waals surface area (Å²) in [4.78, 5) is 29.7. The number of hydrogen-bond donors (Lipinski definition) is 1. The number of carboxylic acids is 1. The number of amides is 1. The topological polar surface area (TPSA) is 96.8 Å². The van der Waals surface area contributed by atoms with Gasteiger partial charge in [0.2, 0.25) is 0 Å². The molecule has 2 aromatic rings. The second-order valence-corrected chi connectivity index (χ2v) is 5.63. The summed E-state index contributed by atoms with van der Waals surface area (Å²) in [5, 5.41) is 9.49. The summed E-state index contributed by atoms with van der Waals surface area (Å²) in [6.07, 6.45) is 5.31. The molecule has 1 amide bonds. The smallest absolute Gasteiger partial charge is 0.331 e. The van der Waals surface area contributed by atoms with Crippen LogP contribution in [0.1, 0.15) is 52.5 Å². The van der Waals surface area contributed by atoms with Crippen molar-refractivity contribution in [3.8, 4) is 0 Å². The van der Waals surface area contributed by atoms with Gasteiger partial charge in [-0.15, -0.1) is 0 Å². The Morgan fingerprint density at radius 1 is 1.32 bits per heavy atom. The average molecular weight is 302 g/mol. The van der Waals surface area contributed by atoms with Crippen molar-refractivity contribution in [3.05, 3.63) is 41.5 Å². The van der Waals surface area contributed by atoms with E-state index < -0.39 is 17.9 Å². The number of aromatic nitrogens is 1. The summed E-state index contributed by atoms with van der Waals surface area (Å²) in [6.45, 7) is 0.280. The van der Waals surface area contributed by atoms with E-state index in [-0.39, 0.29) is 12.2 Å². The van der Waals surface area contributed by atoms with Crippen molar-refractivity contribution in [2.75, 3.05) is 6.54 Å². The van der Waals surface area contributed by atoms with Crippen molar-refractivity contribution in [3.63, 3.8) is 0 Å². The SMILES string of the molecule is O=C(O)C1c2ccoc2CCN1C(=O)c1coc(C2CC2)n1. The standard InChI is InChI=1S/C15H14N2O5/c18-14(10-7-22-13(16-10)8-1-2-8)17-5-3-11-9(4-6-21-11)12(17)15(19)20/h4,6-8,12H,1-3,5H2,(H,19,20). The molecule has 1 aliphatic carbocycles. The first-order valence-electron chi connectivity index (χ1n) is 7.20. The first-order valence-corrected chi connectivity index (χ1v) is 7.20. The predicted octanol–water partition coefficient (Wildman–Crippen LogP) is 1.97. The fourth-order valence-electron chi connectivity index (χ4n) is 2.85. The number of carbonyl (C=O) groups excluding carboxylic acids is 1. The third-order valence-corrected chi connectivity index (χ3v) is 4.13. The van der Waals surface area contributed by atoms with Crippen LogP contribution in [0.3, 0.4) is 0 Å². The van der Waals surface area contributed by atoms with E-state index in [1.165, 1.54) is 17.4 Å². The van der Waals surface area contributed by atoms with Gasteiger partial charge in [-0.1, -0.05) is 0 Å². The molecule has 2 aliphatic rings. The van der Waals surface area contributed by atoms with Gasteiger partial charge in [-0.25, -0.2) is 9.78 Å². The zero-order valence-corrected chi connectivity index (χ0v) is 11.7. The highest BCUT2D eigenvalue weighted by atomic mass is 16.4. The summed E-state index contributed by atoms with van der Waals surface area (Å²) in [6, 6.07) is 0.558. The molecule has 114 valence electrons. The van der Waals surface area contributed by atoms with Gasteiger partial charge in [0.1, 0.15) is 12.0 Å². The molecule has 4 rings (SSSR count). The molecule has 1 unspecified atom stereocenters. The Balaban J connectivity index is 1.65. The van der Waals surface area contributed by atoms with Crippen molar-refractivity contribution in [1.82, 2.24) is 9.88 Å². The number of carboxylic acid groups (broad SMARTS) is 1. The molecular weight excluding hydrogens is 288 g/mol. The van der Waals surface area contributed by atoms with Crippen LogP contribution in [0.4, 0.5) is 0 Å². The molecule has 1 atom stereocenters. The van der Waals surface area contributed by atoms with Crippen LogP contribution in [-0.4, -0.2) is 33.4 Å². The van der Waals surface area contributed by atoms with Crippen LogP contribution in [0.5, 0.6) is 0 Å². The zero-order valence-electron chi connectivity index (χ0n) is 11.7. The highest BCUT2D eigenvalue weighted by molar-refractivity contribution is 5.95. The molecule has 1 N–H and O–H groups in total. The molecule has 3 heterocycles. The molecule has 7 heteroatoms. The molecule has 0 saturated heterocycles. The average Bonchev–Trinajstić information content (AvgIpc) is 3.05. The normalized spacial score (nSPS) is 20.7. The first kappa shape index (κ1) is 13.1. The van der Waals surface area contributed by atoms with Crippen LogP contribution < -0.4 is 0 Å². The third kappa shape index (κ3) is 2.01. The minimum Gasteiger partial charge on any atom is -0.479 e. The highest BCUT2D eigenvalue weighted by Crippen LogP contribution is 2.39. The Bertz CT molecular complexity index is 743. The second kappa shape index (κ2) is 4.72. The monoisotopic (exact) mass is 302 g/mol. The van der Waals surface area contributed by atoms with Crippen LogP contribution in [0.15, 0.2) is 27.4 Å². The van der Waals surface area contributed by atoms with Crippen molar-refractivity contribution in [1.29, 1.82) is 0 Å². The lowest BCUT2D eigenvalue weighted by molar-refractivity contribution is -0.143. The van der Waals surface area contributed by atoms with Crippen molar-refractivity contribution in [2.24, 2.45) is 0 Å². The Morgan fingerprint density at radius 2 is 2.14 bits per heavy atom. The van der Waals surface area contributed by atoms with E-state index in [1.54, 1.807) is 6.07 Å². The van der Waals surface area contributed by atoms with Gasteiger partial charge in [0.15, 0.2) is 17.6 Å². The van der Waals surface area contributed by atoms with Crippen molar-refractivity contribution < 1.29 is 23.5 Å². The van der Waals surface area contributed by atoms with Gasteiger partial charge in [0.05, 0.1) is 6.26 Å². The van der Waals surface area contributed by atoms with E-state index in [0.29, 0.717) is 29.6 Å².